The van der Waals surface area contributed by atoms with E-state index in [0.717, 1.165) is 17.7 Å². The van der Waals surface area contributed by atoms with Crippen molar-refractivity contribution in [1.82, 2.24) is 9.80 Å². The molecule has 32 heavy (non-hydrogen) atoms. The molecule has 1 saturated heterocycles. The Hall–Kier alpha value is -2.05. The summed E-state index contributed by atoms with van der Waals surface area (Å²) >= 11 is 9.24. The number of nitrogens with zero attached hydrogens (tertiary/aromatic N) is 2. The number of ether oxygens (including phenoxy) is 1. The van der Waals surface area contributed by atoms with Gasteiger partial charge in [0.15, 0.2) is 5.75 Å². The van der Waals surface area contributed by atoms with Gasteiger partial charge in [-0.15, -0.1) is 13.2 Å². The molecule has 0 aliphatic carbocycles. The Bertz CT molecular complexity index is 1020. The molecule has 0 spiro atoms. The minimum atomic E-state index is -5.06. The van der Waals surface area contributed by atoms with Crippen molar-refractivity contribution in [2.24, 2.45) is 0 Å². The van der Waals surface area contributed by atoms with Gasteiger partial charge in [-0.05, 0) is 35.9 Å². The van der Waals surface area contributed by atoms with Gasteiger partial charge in [0.25, 0.3) is 5.91 Å². The molecule has 1 heterocycles. The van der Waals surface area contributed by atoms with Crippen molar-refractivity contribution in [3.63, 3.8) is 0 Å². The lowest BCUT2D eigenvalue weighted by Gasteiger charge is -2.35. The van der Waals surface area contributed by atoms with Crippen molar-refractivity contribution in [1.29, 1.82) is 0 Å². The van der Waals surface area contributed by atoms with E-state index in [-0.39, 0.29) is 5.56 Å². The van der Waals surface area contributed by atoms with E-state index in [1.807, 2.05) is 10.8 Å². The smallest absolute Gasteiger partial charge is 0.573 e. The van der Waals surface area contributed by atoms with Crippen LogP contribution in [0.15, 0.2) is 36.4 Å². The minimum absolute atomic E-state index is 0.0549. The Labute approximate surface area is 194 Å². The molecule has 2 aromatic carbocycles. The molecule has 1 N–H and O–H groups in total. The molecule has 1 unspecified atom stereocenters. The third kappa shape index (κ3) is 6.72. The van der Waals surface area contributed by atoms with E-state index in [2.05, 4.69) is 9.64 Å². The van der Waals surface area contributed by atoms with Crippen LogP contribution in [-0.4, -0.2) is 57.0 Å². The highest BCUT2D eigenvalue weighted by atomic mass is 35.5. The van der Waals surface area contributed by atoms with Gasteiger partial charge in [0, 0.05) is 59.6 Å². The predicted octanol–water partition coefficient (Wildman–Crippen LogP) is 4.06. The predicted molar refractivity (Wildman–Crippen MR) is 113 cm³/mol. The SMILES string of the molecule is O=C(c1ccc(NS(=O)[O-])c(OC(F)(F)F)c1)N1CCN(Cc2ccc(Cl)cc2Cl)CC1. The molecule has 3 rings (SSSR count). The molecular formula is C19H17Cl2F3N3O4S-. The zero-order valence-electron chi connectivity index (χ0n) is 16.3. The van der Waals surface area contributed by atoms with Gasteiger partial charge in [-0.25, -0.2) is 0 Å². The van der Waals surface area contributed by atoms with Crippen LogP contribution in [0.5, 0.6) is 5.75 Å². The Morgan fingerprint density at radius 2 is 1.81 bits per heavy atom. The fraction of sp³-hybridized carbons (Fsp3) is 0.316. The molecule has 1 aliphatic heterocycles. The first kappa shape index (κ1) is 24.6. The molecule has 2 aromatic rings. The first-order chi connectivity index (χ1) is 15.0. The summed E-state index contributed by atoms with van der Waals surface area (Å²) in [5, 5.41) is 1.08. The van der Waals surface area contributed by atoms with E-state index in [9.17, 15) is 26.7 Å². The van der Waals surface area contributed by atoms with E-state index >= 15 is 0 Å². The average molecular weight is 511 g/mol. The Morgan fingerprint density at radius 1 is 1.12 bits per heavy atom. The maximum Gasteiger partial charge on any atom is 0.573 e. The van der Waals surface area contributed by atoms with E-state index in [0.29, 0.717) is 42.8 Å². The van der Waals surface area contributed by atoms with Crippen molar-refractivity contribution in [2.45, 2.75) is 12.9 Å². The molecule has 1 aliphatic rings. The van der Waals surface area contributed by atoms with E-state index in [1.165, 1.54) is 11.0 Å². The van der Waals surface area contributed by atoms with Crippen LogP contribution in [-0.2, 0) is 17.8 Å². The van der Waals surface area contributed by atoms with Crippen LogP contribution < -0.4 is 9.46 Å². The zero-order chi connectivity index (χ0) is 23.5. The number of halogens is 5. The molecule has 1 atom stereocenters. The van der Waals surface area contributed by atoms with Crippen LogP contribution in [0, 0.1) is 0 Å². The number of benzene rings is 2. The summed E-state index contributed by atoms with van der Waals surface area (Å²) in [7, 11) is 0. The molecule has 174 valence electrons. The summed E-state index contributed by atoms with van der Waals surface area (Å²) in [6.45, 7) is 2.33. The van der Waals surface area contributed by atoms with Crippen LogP contribution in [0.3, 0.4) is 0 Å². The second-order valence-electron chi connectivity index (χ2n) is 6.90. The number of hydrogen-bond donors (Lipinski definition) is 1. The number of nitrogens with one attached hydrogen (secondary N) is 1. The zero-order valence-corrected chi connectivity index (χ0v) is 18.7. The van der Waals surface area contributed by atoms with Crippen LogP contribution >= 0.6 is 23.2 Å². The lowest BCUT2D eigenvalue weighted by atomic mass is 10.1. The van der Waals surface area contributed by atoms with Crippen LogP contribution in [0.25, 0.3) is 0 Å². The standard InChI is InChI=1S/C19H18Cl2F3N3O4S/c20-14-3-1-13(15(21)10-14)11-26-5-7-27(8-6-26)18(28)12-2-4-16(25-32(29)30)17(9-12)31-19(22,23)24/h1-4,9-10,25H,5-8,11H2,(H,29,30)/p-1. The van der Waals surface area contributed by atoms with Crippen molar-refractivity contribution >= 4 is 46.1 Å². The van der Waals surface area contributed by atoms with Gasteiger partial charge < -0.3 is 18.9 Å². The quantitative estimate of drug-likeness (QED) is 0.592. The van der Waals surface area contributed by atoms with E-state index in [1.54, 1.807) is 12.1 Å². The molecule has 0 saturated carbocycles. The monoisotopic (exact) mass is 510 g/mol. The number of amides is 1. The highest BCUT2D eigenvalue weighted by Crippen LogP contribution is 2.32. The molecular weight excluding hydrogens is 494 g/mol. The maximum atomic E-state index is 12.8. The lowest BCUT2D eigenvalue weighted by molar-refractivity contribution is -0.274. The van der Waals surface area contributed by atoms with Gasteiger partial charge >= 0.3 is 6.36 Å². The number of anilines is 1. The summed E-state index contributed by atoms with van der Waals surface area (Å²) in [5.41, 5.74) is 0.404. The first-order valence-corrected chi connectivity index (χ1v) is 11.1. The summed E-state index contributed by atoms with van der Waals surface area (Å²) in [5.74, 6) is -1.31. The van der Waals surface area contributed by atoms with Crippen molar-refractivity contribution < 1.29 is 31.5 Å². The lowest BCUT2D eigenvalue weighted by Crippen LogP contribution is -2.48. The molecule has 0 aromatic heterocycles. The summed E-state index contributed by atoms with van der Waals surface area (Å²) in [6, 6.07) is 8.37. The average Bonchev–Trinajstić information content (AvgIpc) is 2.70. The molecule has 7 nitrogen and oxygen atoms in total. The fourth-order valence-electron chi connectivity index (χ4n) is 3.22. The topological polar surface area (TPSA) is 84.9 Å². The van der Waals surface area contributed by atoms with Crippen molar-refractivity contribution in [3.05, 3.63) is 57.6 Å². The van der Waals surface area contributed by atoms with Crippen molar-refractivity contribution in [3.8, 4) is 5.75 Å². The van der Waals surface area contributed by atoms with E-state index < -0.39 is 35.0 Å². The third-order valence-electron chi connectivity index (χ3n) is 4.72. The molecule has 0 radical (unpaired) electrons. The second kappa shape index (κ2) is 10.3. The normalized spacial score (nSPS) is 16.0. The summed E-state index contributed by atoms with van der Waals surface area (Å²) < 4.78 is 65.4. The van der Waals surface area contributed by atoms with Gasteiger partial charge in [-0.1, -0.05) is 29.3 Å². The number of piperazine rings is 1. The van der Waals surface area contributed by atoms with Crippen LogP contribution in [0.1, 0.15) is 15.9 Å². The minimum Gasteiger partial charge on any atom is -0.755 e. The Kier molecular flexibility index (Phi) is 7.88. The first-order valence-electron chi connectivity index (χ1n) is 9.23. The highest BCUT2D eigenvalue weighted by Gasteiger charge is 2.33. The Balaban J connectivity index is 1.67. The number of alkyl halides is 3. The number of carbonyl (C=O) groups excluding carboxylic acids is 1. The summed E-state index contributed by atoms with van der Waals surface area (Å²) in [4.78, 5) is 16.4. The fourth-order valence-corrected chi connectivity index (χ4v) is 4.04. The van der Waals surface area contributed by atoms with Gasteiger partial charge in [-0.3, -0.25) is 13.9 Å². The van der Waals surface area contributed by atoms with Crippen molar-refractivity contribution in [2.75, 3.05) is 30.9 Å². The molecule has 1 amide bonds. The largest absolute Gasteiger partial charge is 0.755 e. The van der Waals surface area contributed by atoms with Gasteiger partial charge in [0.2, 0.25) is 0 Å². The van der Waals surface area contributed by atoms with Gasteiger partial charge in [-0.2, -0.15) is 0 Å². The number of rotatable bonds is 6. The summed E-state index contributed by atoms with van der Waals surface area (Å²) in [6.07, 6.45) is -5.06. The number of hydrogen-bond acceptors (Lipinski definition) is 5. The second-order valence-corrected chi connectivity index (χ2v) is 8.42. The van der Waals surface area contributed by atoms with Crippen LogP contribution in [0.4, 0.5) is 18.9 Å². The van der Waals surface area contributed by atoms with Gasteiger partial charge in [0.05, 0.1) is 5.69 Å². The van der Waals surface area contributed by atoms with Gasteiger partial charge in [0.1, 0.15) is 0 Å². The molecule has 0 bridgehead atoms. The molecule has 13 heteroatoms. The van der Waals surface area contributed by atoms with Crippen LogP contribution in [0.2, 0.25) is 10.0 Å². The highest BCUT2D eigenvalue weighted by molar-refractivity contribution is 7.80. The molecule has 1 fully saturated rings. The van der Waals surface area contributed by atoms with E-state index in [4.69, 9.17) is 23.2 Å². The maximum absolute atomic E-state index is 12.8. The Morgan fingerprint density at radius 3 is 2.41 bits per heavy atom. The third-order valence-corrected chi connectivity index (χ3v) is 5.69. The number of carbonyl (C=O) groups is 1.